The van der Waals surface area contributed by atoms with Crippen LogP contribution in [0.25, 0.3) is 10.9 Å². The van der Waals surface area contributed by atoms with E-state index in [1.54, 1.807) is 18.2 Å². The van der Waals surface area contributed by atoms with E-state index in [-0.39, 0.29) is 17.8 Å². The molecule has 0 atom stereocenters. The molecule has 1 heterocycles. The Labute approximate surface area is 124 Å². The maximum absolute atomic E-state index is 13.8. The highest BCUT2D eigenvalue weighted by molar-refractivity contribution is 5.81. The number of aromatic nitrogens is 1. The van der Waals surface area contributed by atoms with Crippen molar-refractivity contribution in [2.24, 2.45) is 0 Å². The van der Waals surface area contributed by atoms with Gasteiger partial charge >= 0.3 is 0 Å². The Kier molecular flexibility index (Phi) is 3.42. The lowest BCUT2D eigenvalue weighted by Gasteiger charge is -2.10. The minimum atomic E-state index is -0.494. The van der Waals surface area contributed by atoms with Crippen LogP contribution in [0.3, 0.4) is 0 Å². The first-order chi connectivity index (χ1) is 10.6. The number of nitro benzene ring substituents is 1. The molecule has 0 bridgehead atoms. The quantitative estimate of drug-likeness (QED) is 0.551. The number of nitro groups is 1. The Morgan fingerprint density at radius 2 is 1.86 bits per heavy atom. The summed E-state index contributed by atoms with van der Waals surface area (Å²) in [5, 5.41) is 11.4. The first-order valence-corrected chi connectivity index (χ1v) is 6.57. The topological polar surface area (TPSA) is 65.1 Å². The van der Waals surface area contributed by atoms with Crippen LogP contribution in [0.1, 0.15) is 5.56 Å². The van der Waals surface area contributed by atoms with Gasteiger partial charge in [0, 0.05) is 29.1 Å². The van der Waals surface area contributed by atoms with Gasteiger partial charge < -0.3 is 4.57 Å². The zero-order chi connectivity index (χ0) is 15.7. The van der Waals surface area contributed by atoms with Gasteiger partial charge in [0.05, 0.1) is 17.0 Å². The van der Waals surface area contributed by atoms with Crippen molar-refractivity contribution in [1.29, 1.82) is 0 Å². The van der Waals surface area contributed by atoms with E-state index in [0.717, 1.165) is 0 Å². The summed E-state index contributed by atoms with van der Waals surface area (Å²) in [6.45, 7) is 0.0701. The smallest absolute Gasteiger partial charge is 0.270 e. The number of fused-ring (bicyclic) bond motifs is 1. The molecule has 0 aliphatic heterocycles. The van der Waals surface area contributed by atoms with Gasteiger partial charge in [-0.2, -0.15) is 0 Å². The number of nitrogens with zero attached hydrogens (tertiary/aromatic N) is 2. The van der Waals surface area contributed by atoms with Crippen molar-refractivity contribution in [1.82, 2.24) is 4.57 Å². The van der Waals surface area contributed by atoms with Crippen molar-refractivity contribution in [2.75, 3.05) is 0 Å². The lowest BCUT2D eigenvalue weighted by molar-refractivity contribution is -0.384. The van der Waals surface area contributed by atoms with Crippen LogP contribution in [0, 0.1) is 15.9 Å². The molecule has 0 radical (unpaired) electrons. The Hall–Kier alpha value is -3.02. The maximum atomic E-state index is 13.8. The summed E-state index contributed by atoms with van der Waals surface area (Å²) in [6, 6.07) is 13.3. The van der Waals surface area contributed by atoms with Crippen LogP contribution in [-0.4, -0.2) is 9.49 Å². The number of hydrogen-bond donors (Lipinski definition) is 0. The fourth-order valence-corrected chi connectivity index (χ4v) is 2.36. The normalized spacial score (nSPS) is 10.8. The minimum absolute atomic E-state index is 0.0522. The van der Waals surface area contributed by atoms with Crippen LogP contribution < -0.4 is 5.56 Å². The van der Waals surface area contributed by atoms with Gasteiger partial charge in [-0.25, -0.2) is 4.39 Å². The summed E-state index contributed by atoms with van der Waals surface area (Å²) >= 11 is 0. The SMILES string of the molecule is O=c1ccc2cc([N+](=O)[O-])ccc2n1Cc1ccccc1F. The van der Waals surface area contributed by atoms with E-state index in [1.165, 1.54) is 41.0 Å². The lowest BCUT2D eigenvalue weighted by atomic mass is 10.1. The molecule has 2 aromatic carbocycles. The van der Waals surface area contributed by atoms with Gasteiger partial charge in [0.25, 0.3) is 11.2 Å². The van der Waals surface area contributed by atoms with Gasteiger partial charge in [0.1, 0.15) is 5.82 Å². The average molecular weight is 298 g/mol. The average Bonchev–Trinajstić information content (AvgIpc) is 2.51. The molecule has 0 amide bonds. The number of hydrogen-bond acceptors (Lipinski definition) is 3. The molecule has 0 fully saturated rings. The molecule has 110 valence electrons. The van der Waals surface area contributed by atoms with E-state index in [1.807, 2.05) is 0 Å². The molecule has 5 nitrogen and oxygen atoms in total. The molecular formula is C16H11FN2O3. The van der Waals surface area contributed by atoms with Crippen molar-refractivity contribution in [3.63, 3.8) is 0 Å². The van der Waals surface area contributed by atoms with E-state index in [2.05, 4.69) is 0 Å². The maximum Gasteiger partial charge on any atom is 0.270 e. The van der Waals surface area contributed by atoms with Gasteiger partial charge in [-0.3, -0.25) is 14.9 Å². The Morgan fingerprint density at radius 3 is 2.59 bits per heavy atom. The van der Waals surface area contributed by atoms with E-state index < -0.39 is 10.7 Å². The second kappa shape index (κ2) is 5.40. The van der Waals surface area contributed by atoms with Crippen LogP contribution >= 0.6 is 0 Å². The van der Waals surface area contributed by atoms with Crippen LogP contribution in [-0.2, 0) is 6.54 Å². The molecule has 0 aliphatic carbocycles. The number of rotatable bonds is 3. The van der Waals surface area contributed by atoms with Crippen LogP contribution in [0.15, 0.2) is 59.4 Å². The van der Waals surface area contributed by atoms with E-state index >= 15 is 0 Å². The van der Waals surface area contributed by atoms with Gasteiger partial charge in [-0.15, -0.1) is 0 Å². The second-order valence-corrected chi connectivity index (χ2v) is 4.85. The third-order valence-electron chi connectivity index (χ3n) is 3.47. The highest BCUT2D eigenvalue weighted by atomic mass is 19.1. The van der Waals surface area contributed by atoms with E-state index in [0.29, 0.717) is 16.5 Å². The Morgan fingerprint density at radius 1 is 1.09 bits per heavy atom. The molecule has 1 aromatic heterocycles. The van der Waals surface area contributed by atoms with E-state index in [4.69, 9.17) is 0 Å². The predicted octanol–water partition coefficient (Wildman–Crippen LogP) is 3.10. The van der Waals surface area contributed by atoms with Crippen molar-refractivity contribution in [3.8, 4) is 0 Å². The number of non-ortho nitro benzene ring substituents is 1. The first-order valence-electron chi connectivity index (χ1n) is 6.57. The van der Waals surface area contributed by atoms with Crippen LogP contribution in [0.5, 0.6) is 0 Å². The summed E-state index contributed by atoms with van der Waals surface area (Å²) in [7, 11) is 0. The molecule has 3 rings (SSSR count). The summed E-state index contributed by atoms with van der Waals surface area (Å²) < 4.78 is 15.2. The summed E-state index contributed by atoms with van der Waals surface area (Å²) in [6.07, 6.45) is 0. The lowest BCUT2D eigenvalue weighted by Crippen LogP contribution is -2.20. The fraction of sp³-hybridized carbons (Fsp3) is 0.0625. The third-order valence-corrected chi connectivity index (χ3v) is 3.47. The molecule has 0 spiro atoms. The Balaban J connectivity index is 2.16. The number of benzene rings is 2. The zero-order valence-electron chi connectivity index (χ0n) is 11.4. The van der Waals surface area contributed by atoms with Crippen LogP contribution in [0.2, 0.25) is 0 Å². The highest BCUT2D eigenvalue weighted by Crippen LogP contribution is 2.20. The van der Waals surface area contributed by atoms with Crippen molar-refractivity contribution < 1.29 is 9.31 Å². The molecule has 0 unspecified atom stereocenters. The van der Waals surface area contributed by atoms with Crippen molar-refractivity contribution >= 4 is 16.6 Å². The summed E-state index contributed by atoms with van der Waals surface area (Å²) in [5.41, 5.74) is 0.574. The monoisotopic (exact) mass is 298 g/mol. The molecule has 6 heteroatoms. The van der Waals surface area contributed by atoms with Crippen molar-refractivity contribution in [3.05, 3.63) is 86.4 Å². The molecule has 0 saturated heterocycles. The third kappa shape index (κ3) is 2.46. The van der Waals surface area contributed by atoms with E-state index in [9.17, 15) is 19.3 Å². The minimum Gasteiger partial charge on any atom is -0.304 e. The number of halogens is 1. The van der Waals surface area contributed by atoms with Gasteiger partial charge in [0.2, 0.25) is 0 Å². The highest BCUT2D eigenvalue weighted by Gasteiger charge is 2.11. The second-order valence-electron chi connectivity index (χ2n) is 4.85. The standard InChI is InChI=1S/C16H11FN2O3/c17-14-4-2-1-3-12(14)10-18-15-7-6-13(19(21)22)9-11(15)5-8-16(18)20/h1-9H,10H2. The Bertz CT molecular complexity index is 934. The molecule has 22 heavy (non-hydrogen) atoms. The predicted molar refractivity (Wildman–Crippen MR) is 80.4 cm³/mol. The van der Waals surface area contributed by atoms with Gasteiger partial charge in [0.15, 0.2) is 0 Å². The number of pyridine rings is 1. The molecular weight excluding hydrogens is 287 g/mol. The van der Waals surface area contributed by atoms with Crippen LogP contribution in [0.4, 0.5) is 10.1 Å². The first kappa shape index (κ1) is 13.9. The molecule has 0 saturated carbocycles. The molecule has 0 N–H and O–H groups in total. The zero-order valence-corrected chi connectivity index (χ0v) is 11.4. The fourth-order valence-electron chi connectivity index (χ4n) is 2.36. The van der Waals surface area contributed by atoms with Gasteiger partial charge in [-0.05, 0) is 18.2 Å². The largest absolute Gasteiger partial charge is 0.304 e. The summed E-state index contributed by atoms with van der Waals surface area (Å²) in [5.74, 6) is -0.395. The molecule has 0 aliphatic rings. The van der Waals surface area contributed by atoms with Crippen molar-refractivity contribution in [2.45, 2.75) is 6.54 Å². The molecule has 3 aromatic rings. The summed E-state index contributed by atoms with van der Waals surface area (Å²) in [4.78, 5) is 22.4. The van der Waals surface area contributed by atoms with Gasteiger partial charge in [-0.1, -0.05) is 18.2 Å².